The third-order valence-corrected chi connectivity index (χ3v) is 13.9. The van der Waals surface area contributed by atoms with Crippen LogP contribution >= 0.6 is 48.0 Å². The summed E-state index contributed by atoms with van der Waals surface area (Å²) in [6.45, 7) is 15.2. The molecule has 0 aromatic heterocycles. The van der Waals surface area contributed by atoms with Crippen LogP contribution in [0.25, 0.3) is 0 Å². The first-order chi connectivity index (χ1) is 29.7. The molecule has 62 heavy (non-hydrogen) atoms. The molecule has 0 radical (unpaired) electrons. The van der Waals surface area contributed by atoms with Crippen LogP contribution < -0.4 is 0 Å². The first kappa shape index (κ1) is 55.2. The number of carbonyl (C=O) groups is 3. The topological polar surface area (TPSA) is 112 Å². The van der Waals surface area contributed by atoms with Gasteiger partial charge in [0, 0.05) is 5.75 Å². The molecule has 0 N–H and O–H groups in total. The quantitative estimate of drug-likeness (QED) is 0.0310. The highest BCUT2D eigenvalue weighted by Gasteiger charge is 2.43. The molecule has 0 aliphatic carbocycles. The summed E-state index contributed by atoms with van der Waals surface area (Å²) < 4.78 is 23.6. The predicted octanol–water partition coefficient (Wildman–Crippen LogP) is 13.6. The van der Waals surface area contributed by atoms with Crippen LogP contribution in [0.3, 0.4) is 0 Å². The van der Waals surface area contributed by atoms with Crippen LogP contribution in [0.15, 0.2) is 54.6 Å². The van der Waals surface area contributed by atoms with Gasteiger partial charge in [-0.1, -0.05) is 163 Å². The van der Waals surface area contributed by atoms with Crippen LogP contribution in [0.1, 0.15) is 172 Å². The van der Waals surface area contributed by atoms with E-state index in [0.717, 1.165) is 42.7 Å². The number of hydrogen-bond donors (Lipinski definition) is 0. The summed E-state index contributed by atoms with van der Waals surface area (Å²) in [6, 6.07) is 19.2. The number of hydrogen-bond acceptors (Lipinski definition) is 12. The summed E-state index contributed by atoms with van der Waals surface area (Å²) in [7, 11) is 0. The van der Waals surface area contributed by atoms with Crippen LogP contribution in [0.5, 0.6) is 0 Å². The van der Waals surface area contributed by atoms with Gasteiger partial charge < -0.3 is 18.9 Å². The van der Waals surface area contributed by atoms with E-state index >= 15 is 0 Å². The lowest BCUT2D eigenvalue weighted by Crippen LogP contribution is -2.38. The van der Waals surface area contributed by atoms with E-state index in [9.17, 15) is 19.6 Å². The standard InChI is InChI=1S/C50H73NO7S4/c1-8-12-17-22-38(10-3)23-18-14-15-21-31-56-44(52)40-28-26-39(27-29-40)42(34-49(5,6)37-51)35-50(7,47(54)58-30-13-9-2)36-43(62-46(59)41-24-19-16-20-25-41)45(53)57-32-33-61-48(60)55-11-4/h16,19-20,24-29,38,42-43H,8-15,17-18,21-23,30-36H2,1-7H3. The average molecular weight is 928 g/mol. The molecule has 0 aliphatic heterocycles. The maximum absolute atomic E-state index is 14.3. The molecule has 0 heterocycles. The van der Waals surface area contributed by atoms with Crippen LogP contribution in [0.4, 0.5) is 0 Å². The lowest BCUT2D eigenvalue weighted by Gasteiger charge is -2.35. The van der Waals surface area contributed by atoms with Gasteiger partial charge in [0.25, 0.3) is 0 Å². The first-order valence-corrected chi connectivity index (χ1v) is 25.5. The van der Waals surface area contributed by atoms with Crippen molar-refractivity contribution in [2.24, 2.45) is 16.7 Å². The van der Waals surface area contributed by atoms with Crippen molar-refractivity contribution in [2.75, 3.05) is 32.2 Å². The lowest BCUT2D eigenvalue weighted by atomic mass is 9.70. The molecule has 2 aromatic rings. The Kier molecular flexibility index (Phi) is 27.6. The summed E-state index contributed by atoms with van der Waals surface area (Å²) in [5.74, 6) is -0.377. The Morgan fingerprint density at radius 3 is 1.98 bits per heavy atom. The highest BCUT2D eigenvalue weighted by molar-refractivity contribution is 8.24. The van der Waals surface area contributed by atoms with Crippen LogP contribution in [-0.4, -0.2) is 63.9 Å². The molecule has 0 saturated heterocycles. The molecule has 2 aromatic carbocycles. The minimum atomic E-state index is -1.19. The van der Waals surface area contributed by atoms with E-state index in [1.165, 1.54) is 68.5 Å². The zero-order valence-electron chi connectivity index (χ0n) is 38.5. The number of nitrogens with zero attached hydrogens (tertiary/aromatic N) is 1. The molecule has 0 saturated carbocycles. The molecular weight excluding hydrogens is 855 g/mol. The molecule has 2 rings (SSSR count). The zero-order chi connectivity index (χ0) is 45.8. The number of esters is 3. The Hall–Kier alpha value is -2.98. The Labute approximate surface area is 393 Å². The second-order valence-corrected chi connectivity index (χ2v) is 20.6. The molecule has 0 bridgehead atoms. The van der Waals surface area contributed by atoms with Gasteiger partial charge in [-0.2, -0.15) is 5.26 Å². The highest BCUT2D eigenvalue weighted by atomic mass is 32.2. The number of thioether (sulfide) groups is 2. The molecule has 4 unspecified atom stereocenters. The molecule has 0 amide bonds. The number of benzene rings is 2. The Bertz CT molecular complexity index is 1680. The van der Waals surface area contributed by atoms with Crippen molar-refractivity contribution in [3.8, 4) is 6.07 Å². The third-order valence-electron chi connectivity index (χ3n) is 11.1. The Morgan fingerprint density at radius 1 is 0.710 bits per heavy atom. The number of ether oxygens (including phenoxy) is 4. The van der Waals surface area contributed by atoms with Crippen LogP contribution in [0.2, 0.25) is 0 Å². The SMILES string of the molecule is CCCCCC(CC)CCCCCCOC(=O)c1ccc(C(CC(C)(C)C#N)CC(C)(CC(SC(=S)c2ccccc2)C(=O)OCCSC(=S)OCC)C(=O)OCCCC)cc1. The van der Waals surface area contributed by atoms with Gasteiger partial charge in [0.05, 0.1) is 46.5 Å². The fraction of sp³-hybridized carbons (Fsp3) is 0.640. The molecule has 4 atom stereocenters. The van der Waals surface area contributed by atoms with E-state index in [2.05, 4.69) is 19.9 Å². The molecule has 12 heteroatoms. The monoisotopic (exact) mass is 927 g/mol. The van der Waals surface area contributed by atoms with Gasteiger partial charge in [-0.3, -0.25) is 9.59 Å². The smallest absolute Gasteiger partial charge is 0.338 e. The summed E-state index contributed by atoms with van der Waals surface area (Å²) in [4.78, 5) is 41.4. The Balaban J connectivity index is 2.31. The normalized spacial score (nSPS) is 13.8. The summed E-state index contributed by atoms with van der Waals surface area (Å²) in [5, 5.41) is 9.33. The van der Waals surface area contributed by atoms with Gasteiger partial charge in [0.1, 0.15) is 11.9 Å². The largest absolute Gasteiger partial charge is 0.479 e. The van der Waals surface area contributed by atoms with Crippen molar-refractivity contribution in [1.29, 1.82) is 5.26 Å². The van der Waals surface area contributed by atoms with Crippen LogP contribution in [-0.2, 0) is 28.5 Å². The molecule has 0 aliphatic rings. The van der Waals surface area contributed by atoms with E-state index < -0.39 is 28.0 Å². The second-order valence-electron chi connectivity index (χ2n) is 17.0. The molecule has 0 fully saturated rings. The molecule has 344 valence electrons. The van der Waals surface area contributed by atoms with Crippen molar-refractivity contribution in [1.82, 2.24) is 0 Å². The minimum Gasteiger partial charge on any atom is -0.479 e. The average Bonchev–Trinajstić information content (AvgIpc) is 3.26. The van der Waals surface area contributed by atoms with Gasteiger partial charge in [0.2, 0.25) is 4.38 Å². The van der Waals surface area contributed by atoms with E-state index in [-0.39, 0.29) is 37.9 Å². The van der Waals surface area contributed by atoms with Gasteiger partial charge in [0.15, 0.2) is 0 Å². The minimum absolute atomic E-state index is 0.0744. The molecule has 0 spiro atoms. The predicted molar refractivity (Wildman–Crippen MR) is 265 cm³/mol. The van der Waals surface area contributed by atoms with E-state index in [0.29, 0.717) is 46.0 Å². The Morgan fingerprint density at radius 2 is 1.35 bits per heavy atom. The summed E-state index contributed by atoms with van der Waals surface area (Å²) in [6.07, 6.45) is 14.3. The van der Waals surface area contributed by atoms with Crippen molar-refractivity contribution in [3.63, 3.8) is 0 Å². The van der Waals surface area contributed by atoms with Gasteiger partial charge in [-0.05, 0) is 107 Å². The lowest BCUT2D eigenvalue weighted by molar-refractivity contribution is -0.157. The zero-order valence-corrected chi connectivity index (χ0v) is 41.8. The van der Waals surface area contributed by atoms with Crippen molar-refractivity contribution < 1.29 is 33.3 Å². The number of unbranched alkanes of at least 4 members (excludes halogenated alkanes) is 6. The maximum atomic E-state index is 14.3. The van der Waals surface area contributed by atoms with Crippen molar-refractivity contribution >= 4 is 74.4 Å². The van der Waals surface area contributed by atoms with E-state index in [1.54, 1.807) is 12.1 Å². The first-order valence-electron chi connectivity index (χ1n) is 22.8. The van der Waals surface area contributed by atoms with E-state index in [4.69, 9.17) is 43.4 Å². The third kappa shape index (κ3) is 21.6. The number of rotatable bonds is 31. The summed E-state index contributed by atoms with van der Waals surface area (Å²) >= 11 is 13.6. The summed E-state index contributed by atoms with van der Waals surface area (Å²) in [5.41, 5.74) is 0.161. The number of nitriles is 1. The fourth-order valence-electron chi connectivity index (χ4n) is 7.38. The fourth-order valence-corrected chi connectivity index (χ4v) is 9.92. The van der Waals surface area contributed by atoms with Crippen LogP contribution in [0, 0.1) is 28.1 Å². The number of thiocarbonyl (C=S) groups is 2. The molecular formula is C50H73NO7S4. The second kappa shape index (κ2) is 31.0. The molecule has 8 nitrogen and oxygen atoms in total. The van der Waals surface area contributed by atoms with Gasteiger partial charge in [-0.25, -0.2) is 4.79 Å². The van der Waals surface area contributed by atoms with Gasteiger partial charge in [-0.15, -0.1) is 0 Å². The maximum Gasteiger partial charge on any atom is 0.338 e. The van der Waals surface area contributed by atoms with Crippen molar-refractivity contribution in [3.05, 3.63) is 71.3 Å². The highest BCUT2D eigenvalue weighted by Crippen LogP contribution is 2.44. The van der Waals surface area contributed by atoms with Gasteiger partial charge >= 0.3 is 17.9 Å². The van der Waals surface area contributed by atoms with Crippen molar-refractivity contribution in [2.45, 2.75) is 156 Å². The number of carbonyl (C=O) groups excluding carboxylic acids is 3. The van der Waals surface area contributed by atoms with E-state index in [1.807, 2.05) is 77.1 Å².